The monoisotopic (exact) mass is 602 g/mol. The van der Waals surface area contributed by atoms with Crippen LogP contribution >= 0.6 is 0 Å². The molecule has 1 unspecified atom stereocenters. The van der Waals surface area contributed by atoms with Crippen LogP contribution in [0.1, 0.15) is 6.42 Å². The van der Waals surface area contributed by atoms with Crippen molar-refractivity contribution in [1.29, 1.82) is 0 Å². The van der Waals surface area contributed by atoms with E-state index in [0.29, 0.717) is 0 Å². The van der Waals surface area contributed by atoms with E-state index < -0.39 is 0 Å². The molecule has 1 aliphatic rings. The highest BCUT2D eigenvalue weighted by atomic mass is 16.3. The van der Waals surface area contributed by atoms with Gasteiger partial charge < -0.3 is 13.9 Å². The highest BCUT2D eigenvalue weighted by Crippen LogP contribution is 2.41. The van der Waals surface area contributed by atoms with Gasteiger partial charge in [-0.3, -0.25) is 0 Å². The Bertz CT molecular complexity index is 2790. The maximum Gasteiger partial charge on any atom is 0.135 e. The fourth-order valence-electron chi connectivity index (χ4n) is 7.71. The molecule has 0 amide bonds. The minimum absolute atomic E-state index is 0.0886. The van der Waals surface area contributed by atoms with E-state index in [2.05, 4.69) is 167 Å². The minimum Gasteiger partial charge on any atom is -0.456 e. The average Bonchev–Trinajstić information content (AvgIpc) is 3.66. The average molecular weight is 603 g/mol. The molecule has 0 spiro atoms. The Morgan fingerprint density at radius 3 is 2.23 bits per heavy atom. The normalized spacial score (nSPS) is 14.4. The van der Waals surface area contributed by atoms with Crippen LogP contribution < -0.4 is 15.5 Å². The summed E-state index contributed by atoms with van der Waals surface area (Å²) >= 11 is 0. The van der Waals surface area contributed by atoms with E-state index in [1.165, 1.54) is 65.3 Å². The van der Waals surface area contributed by atoms with Crippen molar-refractivity contribution in [2.24, 2.45) is 0 Å². The van der Waals surface area contributed by atoms with Gasteiger partial charge in [-0.1, -0.05) is 103 Å². The van der Waals surface area contributed by atoms with Crippen molar-refractivity contribution in [3.63, 3.8) is 0 Å². The van der Waals surface area contributed by atoms with Crippen LogP contribution in [-0.2, 0) is 0 Å². The van der Waals surface area contributed by atoms with Crippen LogP contribution in [0.5, 0.6) is 0 Å². The Kier molecular flexibility index (Phi) is 5.70. The predicted octanol–water partition coefficient (Wildman–Crippen LogP) is 10.0. The van der Waals surface area contributed by atoms with E-state index in [1.807, 2.05) is 6.07 Å². The van der Waals surface area contributed by atoms with Crippen LogP contribution in [0.4, 0.5) is 11.4 Å². The Labute approximate surface area is 271 Å². The first-order chi connectivity index (χ1) is 23.3. The Morgan fingerprint density at radius 1 is 0.553 bits per heavy atom. The van der Waals surface area contributed by atoms with Crippen molar-refractivity contribution >= 4 is 77.8 Å². The molecule has 47 heavy (non-hydrogen) atoms. The van der Waals surface area contributed by atoms with Crippen molar-refractivity contribution in [3.8, 4) is 5.69 Å². The van der Waals surface area contributed by atoms with Crippen molar-refractivity contribution < 1.29 is 4.42 Å². The lowest BCUT2D eigenvalue weighted by Gasteiger charge is -2.33. The van der Waals surface area contributed by atoms with Gasteiger partial charge in [0.2, 0.25) is 0 Å². The number of anilines is 2. The van der Waals surface area contributed by atoms with E-state index >= 15 is 0 Å². The van der Waals surface area contributed by atoms with Gasteiger partial charge in [0, 0.05) is 43.8 Å². The second-order valence-electron chi connectivity index (χ2n) is 12.5. The highest BCUT2D eigenvalue weighted by molar-refractivity contribution is 6.15. The third-order valence-electron chi connectivity index (χ3n) is 9.84. The third kappa shape index (κ3) is 4.06. The summed E-state index contributed by atoms with van der Waals surface area (Å²) in [6, 6.07) is 54.8. The summed E-state index contributed by atoms with van der Waals surface area (Å²) in [6.45, 7) is 0. The molecule has 3 nitrogen and oxygen atoms in total. The minimum atomic E-state index is 0.0886. The van der Waals surface area contributed by atoms with Gasteiger partial charge in [0.25, 0.3) is 0 Å². The second kappa shape index (κ2) is 10.2. The fraction of sp³-hybridized carbons (Fsp3) is 0.0455. The van der Waals surface area contributed by atoms with Crippen LogP contribution in [0.3, 0.4) is 0 Å². The zero-order valence-electron chi connectivity index (χ0n) is 25.7. The molecule has 0 saturated carbocycles. The SMILES string of the molecule is C1=c2oc3ccccc3c2=CCC1N(c1ccccc1)c1cccc2cc3c(cc12)c1ccccc1n3-c1ccc2ccccc2c1. The van der Waals surface area contributed by atoms with E-state index in [4.69, 9.17) is 4.42 Å². The largest absolute Gasteiger partial charge is 0.456 e. The summed E-state index contributed by atoms with van der Waals surface area (Å²) in [5.41, 5.74) is 7.83. The molecular formula is C44H30N2O. The lowest BCUT2D eigenvalue weighted by Crippen LogP contribution is -2.36. The zero-order valence-corrected chi connectivity index (χ0v) is 25.7. The number of para-hydroxylation sites is 3. The zero-order chi connectivity index (χ0) is 30.9. The van der Waals surface area contributed by atoms with Gasteiger partial charge in [-0.25, -0.2) is 0 Å². The summed E-state index contributed by atoms with van der Waals surface area (Å²) < 4.78 is 8.81. The smallest absolute Gasteiger partial charge is 0.135 e. The quantitative estimate of drug-likeness (QED) is 0.200. The number of hydrogen-bond donors (Lipinski definition) is 0. The van der Waals surface area contributed by atoms with Gasteiger partial charge in [0.15, 0.2) is 0 Å². The summed E-state index contributed by atoms with van der Waals surface area (Å²) in [4.78, 5) is 2.49. The van der Waals surface area contributed by atoms with Crippen molar-refractivity contribution in [1.82, 2.24) is 4.57 Å². The first-order valence-corrected chi connectivity index (χ1v) is 16.3. The van der Waals surface area contributed by atoms with Gasteiger partial charge in [0.1, 0.15) is 11.0 Å². The summed E-state index contributed by atoms with van der Waals surface area (Å²) in [5.74, 6) is 0. The first-order valence-electron chi connectivity index (χ1n) is 16.3. The Hall–Kier alpha value is -6.06. The van der Waals surface area contributed by atoms with Gasteiger partial charge in [-0.05, 0) is 83.3 Å². The Morgan fingerprint density at radius 2 is 1.32 bits per heavy atom. The third-order valence-corrected chi connectivity index (χ3v) is 9.84. The first kappa shape index (κ1) is 26.2. The number of nitrogens with zero attached hydrogens (tertiary/aromatic N) is 2. The molecule has 10 rings (SSSR count). The fourth-order valence-corrected chi connectivity index (χ4v) is 7.71. The van der Waals surface area contributed by atoms with Crippen LogP contribution in [0.15, 0.2) is 156 Å². The number of rotatable bonds is 4. The molecule has 9 aromatic rings. The molecule has 3 heteroatoms. The van der Waals surface area contributed by atoms with Gasteiger partial charge in [-0.15, -0.1) is 0 Å². The number of aromatic nitrogens is 1. The molecule has 0 aliphatic heterocycles. The molecule has 2 heterocycles. The van der Waals surface area contributed by atoms with E-state index in [1.54, 1.807) is 0 Å². The lowest BCUT2D eigenvalue weighted by molar-refractivity contribution is 0.568. The molecule has 2 aromatic heterocycles. The molecule has 0 bridgehead atoms. The maximum atomic E-state index is 6.39. The topological polar surface area (TPSA) is 21.3 Å². The summed E-state index contributed by atoms with van der Waals surface area (Å²) in [6.07, 6.45) is 5.54. The molecule has 1 aliphatic carbocycles. The maximum absolute atomic E-state index is 6.39. The van der Waals surface area contributed by atoms with Crippen LogP contribution in [-0.4, -0.2) is 10.6 Å². The highest BCUT2D eigenvalue weighted by Gasteiger charge is 2.24. The number of fused-ring (bicyclic) bond motifs is 8. The standard InChI is InChI=1S/C44H30N2O/c1-2-14-32(15-3-1)45(34-23-24-37-36-17-7-9-20-43(36)47-44(37)27-34)41-19-10-13-31-26-42-39(28-38(31)41)35-16-6-8-18-40(35)46(42)33-22-21-29-11-4-5-12-30(29)25-33/h1-22,24-28,34H,23H2. The van der Waals surface area contributed by atoms with Gasteiger partial charge in [0.05, 0.1) is 17.1 Å². The van der Waals surface area contributed by atoms with E-state index in [0.717, 1.165) is 23.1 Å². The molecule has 7 aromatic carbocycles. The van der Waals surface area contributed by atoms with Crippen LogP contribution in [0.2, 0.25) is 0 Å². The van der Waals surface area contributed by atoms with Crippen molar-refractivity contribution in [2.75, 3.05) is 4.90 Å². The van der Waals surface area contributed by atoms with Crippen molar-refractivity contribution in [3.05, 3.63) is 162 Å². The van der Waals surface area contributed by atoms with Gasteiger partial charge in [-0.2, -0.15) is 0 Å². The van der Waals surface area contributed by atoms with Crippen molar-refractivity contribution in [2.45, 2.75) is 12.5 Å². The molecule has 0 saturated heterocycles. The number of furan rings is 1. The lowest BCUT2D eigenvalue weighted by atomic mass is 9.99. The van der Waals surface area contributed by atoms with Crippen LogP contribution in [0.25, 0.3) is 72.2 Å². The molecular weight excluding hydrogens is 572 g/mol. The van der Waals surface area contributed by atoms with Crippen LogP contribution in [0, 0.1) is 0 Å². The van der Waals surface area contributed by atoms with E-state index in [9.17, 15) is 0 Å². The molecule has 0 radical (unpaired) electrons. The predicted molar refractivity (Wildman–Crippen MR) is 197 cm³/mol. The summed E-state index contributed by atoms with van der Waals surface area (Å²) in [7, 11) is 0. The molecule has 0 fully saturated rings. The molecule has 0 N–H and O–H groups in total. The Balaban J connectivity index is 1.21. The number of benzene rings is 7. The molecule has 222 valence electrons. The molecule has 1 atom stereocenters. The van der Waals surface area contributed by atoms with Gasteiger partial charge >= 0.3 is 0 Å². The second-order valence-corrected chi connectivity index (χ2v) is 12.5. The van der Waals surface area contributed by atoms with E-state index in [-0.39, 0.29) is 6.04 Å². The summed E-state index contributed by atoms with van der Waals surface area (Å²) in [5, 5.41) is 9.82. The number of hydrogen-bond acceptors (Lipinski definition) is 2.